The van der Waals surface area contributed by atoms with Gasteiger partial charge in [-0.15, -0.1) is 0 Å². The molecule has 1 fully saturated rings. The number of benzene rings is 3. The number of nitrogens with zero attached hydrogens (tertiary/aromatic N) is 1. The second-order valence-corrected chi connectivity index (χ2v) is 7.80. The van der Waals surface area contributed by atoms with Crippen molar-refractivity contribution in [3.8, 4) is 11.5 Å². The van der Waals surface area contributed by atoms with E-state index in [2.05, 4.69) is 10.6 Å². The number of nitrogens with one attached hydrogen (secondary N) is 2. The van der Waals surface area contributed by atoms with Crippen molar-refractivity contribution in [1.82, 2.24) is 10.2 Å². The Morgan fingerprint density at radius 3 is 2.38 bits per heavy atom. The minimum atomic E-state index is -1.21. The number of aryl methyl sites for hydroxylation is 1. The molecule has 0 aliphatic carbocycles. The Morgan fingerprint density at radius 2 is 1.66 bits per heavy atom. The molecule has 0 spiro atoms. The van der Waals surface area contributed by atoms with E-state index < -0.39 is 29.9 Å². The van der Waals surface area contributed by atoms with Gasteiger partial charge in [0, 0.05) is 11.8 Å². The molecule has 4 rings (SSSR count). The summed E-state index contributed by atoms with van der Waals surface area (Å²) >= 11 is 0. The summed E-state index contributed by atoms with van der Waals surface area (Å²) in [5, 5.41) is 5.43. The summed E-state index contributed by atoms with van der Waals surface area (Å²) < 4.78 is 5.77. The number of ether oxygens (including phenoxy) is 1. The van der Waals surface area contributed by atoms with Crippen LogP contribution in [0.3, 0.4) is 0 Å². The number of carbonyl (C=O) groups is 3. The number of hydrogen-bond donors (Lipinski definition) is 2. The fourth-order valence-corrected chi connectivity index (χ4v) is 3.53. The first-order valence-corrected chi connectivity index (χ1v) is 10.2. The second kappa shape index (κ2) is 8.55. The normalized spacial score (nSPS) is 17.8. The van der Waals surface area contributed by atoms with E-state index in [4.69, 9.17) is 4.74 Å². The third-order valence-corrected chi connectivity index (χ3v) is 5.30. The number of hydrogen-bond acceptors (Lipinski definition) is 4. The lowest BCUT2D eigenvalue weighted by atomic mass is 9.91. The quantitative estimate of drug-likeness (QED) is 0.575. The van der Waals surface area contributed by atoms with Crippen molar-refractivity contribution < 1.29 is 19.1 Å². The molecule has 1 atom stereocenters. The van der Waals surface area contributed by atoms with Crippen LogP contribution in [0.15, 0.2) is 78.9 Å². The maximum absolute atomic E-state index is 13.0. The molecular formula is C25H23N3O4. The molecule has 1 aliphatic rings. The zero-order chi connectivity index (χ0) is 22.7. The first kappa shape index (κ1) is 21.1. The summed E-state index contributed by atoms with van der Waals surface area (Å²) in [6.45, 7) is 3.19. The van der Waals surface area contributed by atoms with E-state index in [0.29, 0.717) is 22.7 Å². The van der Waals surface area contributed by atoms with Crippen molar-refractivity contribution in [1.29, 1.82) is 0 Å². The van der Waals surface area contributed by atoms with Gasteiger partial charge in [0.1, 0.15) is 23.6 Å². The van der Waals surface area contributed by atoms with Gasteiger partial charge in [-0.2, -0.15) is 0 Å². The Labute approximate surface area is 186 Å². The summed E-state index contributed by atoms with van der Waals surface area (Å²) in [5.41, 5.74) is 0.991. The van der Waals surface area contributed by atoms with E-state index in [9.17, 15) is 14.4 Å². The predicted octanol–water partition coefficient (Wildman–Crippen LogP) is 4.19. The largest absolute Gasteiger partial charge is 0.457 e. The molecule has 0 radical (unpaired) electrons. The van der Waals surface area contributed by atoms with Crippen LogP contribution in [0.5, 0.6) is 11.5 Å². The van der Waals surface area contributed by atoms with Crippen molar-refractivity contribution >= 4 is 23.5 Å². The molecule has 0 bridgehead atoms. The molecule has 7 heteroatoms. The van der Waals surface area contributed by atoms with Gasteiger partial charge in [-0.25, -0.2) is 4.79 Å². The van der Waals surface area contributed by atoms with Gasteiger partial charge in [-0.05, 0) is 43.7 Å². The summed E-state index contributed by atoms with van der Waals surface area (Å²) in [5.74, 6) is 0.267. The monoisotopic (exact) mass is 429 g/mol. The lowest BCUT2D eigenvalue weighted by Gasteiger charge is -2.22. The van der Waals surface area contributed by atoms with Gasteiger partial charge in [-0.1, -0.05) is 54.1 Å². The molecule has 7 nitrogen and oxygen atoms in total. The van der Waals surface area contributed by atoms with Gasteiger partial charge in [0.25, 0.3) is 5.91 Å². The molecule has 4 amide bonds. The van der Waals surface area contributed by atoms with Crippen molar-refractivity contribution in [3.05, 3.63) is 90.0 Å². The summed E-state index contributed by atoms with van der Waals surface area (Å²) in [4.78, 5) is 39.0. The third kappa shape index (κ3) is 4.32. The van der Waals surface area contributed by atoms with Crippen molar-refractivity contribution in [2.24, 2.45) is 0 Å². The molecule has 162 valence electrons. The fraction of sp³-hybridized carbons (Fsp3) is 0.160. The molecule has 1 heterocycles. The first-order valence-electron chi connectivity index (χ1n) is 10.2. The number of amides is 4. The van der Waals surface area contributed by atoms with E-state index in [-0.39, 0.29) is 0 Å². The highest BCUT2D eigenvalue weighted by molar-refractivity contribution is 6.10. The number of anilines is 1. The van der Waals surface area contributed by atoms with Gasteiger partial charge in [-0.3, -0.25) is 14.5 Å². The van der Waals surface area contributed by atoms with Gasteiger partial charge < -0.3 is 15.4 Å². The molecule has 1 unspecified atom stereocenters. The lowest BCUT2D eigenvalue weighted by molar-refractivity contribution is -0.133. The number of carbonyl (C=O) groups excluding carboxylic acids is 3. The van der Waals surface area contributed by atoms with E-state index in [0.717, 1.165) is 10.5 Å². The van der Waals surface area contributed by atoms with Gasteiger partial charge in [0.15, 0.2) is 0 Å². The number of imide groups is 1. The minimum absolute atomic E-state index is 0.393. The average Bonchev–Trinajstić information content (AvgIpc) is 2.99. The standard InChI is InChI=1S/C25H23N3O4/c1-17-11-13-18(14-12-17)25(2)23(30)28(24(31)27-25)16-22(29)26-19-7-6-10-21(15-19)32-20-8-4-3-5-9-20/h3-15H,16H2,1-2H3,(H,26,29)(H,27,31). The zero-order valence-electron chi connectivity index (χ0n) is 17.8. The van der Waals surface area contributed by atoms with Crippen LogP contribution < -0.4 is 15.4 Å². The smallest absolute Gasteiger partial charge is 0.325 e. The van der Waals surface area contributed by atoms with Crippen LogP contribution in [0.1, 0.15) is 18.1 Å². The van der Waals surface area contributed by atoms with E-state index >= 15 is 0 Å². The average molecular weight is 429 g/mol. The maximum atomic E-state index is 13.0. The Hall–Kier alpha value is -4.13. The van der Waals surface area contributed by atoms with E-state index in [1.807, 2.05) is 49.4 Å². The van der Waals surface area contributed by atoms with Crippen molar-refractivity contribution in [3.63, 3.8) is 0 Å². The van der Waals surface area contributed by atoms with Crippen LogP contribution in [0.2, 0.25) is 0 Å². The topological polar surface area (TPSA) is 87.7 Å². The van der Waals surface area contributed by atoms with Crippen LogP contribution in [-0.2, 0) is 15.1 Å². The number of rotatable bonds is 6. The molecule has 1 saturated heterocycles. The van der Waals surface area contributed by atoms with Crippen LogP contribution in [-0.4, -0.2) is 29.3 Å². The predicted molar refractivity (Wildman–Crippen MR) is 120 cm³/mol. The molecule has 3 aromatic carbocycles. The Bertz CT molecular complexity index is 1160. The van der Waals surface area contributed by atoms with E-state index in [1.54, 1.807) is 43.3 Å². The highest BCUT2D eigenvalue weighted by atomic mass is 16.5. The maximum Gasteiger partial charge on any atom is 0.325 e. The zero-order valence-corrected chi connectivity index (χ0v) is 17.8. The molecule has 0 aromatic heterocycles. The summed E-state index contributed by atoms with van der Waals surface area (Å²) in [6, 6.07) is 22.9. The van der Waals surface area contributed by atoms with Crippen LogP contribution in [0.4, 0.5) is 10.5 Å². The van der Waals surface area contributed by atoms with E-state index in [1.165, 1.54) is 0 Å². The highest BCUT2D eigenvalue weighted by Crippen LogP contribution is 2.29. The molecule has 1 aliphatic heterocycles. The van der Waals surface area contributed by atoms with Gasteiger partial charge in [0.2, 0.25) is 5.91 Å². The van der Waals surface area contributed by atoms with Crippen molar-refractivity contribution in [2.45, 2.75) is 19.4 Å². The minimum Gasteiger partial charge on any atom is -0.457 e. The second-order valence-electron chi connectivity index (χ2n) is 7.80. The highest BCUT2D eigenvalue weighted by Gasteiger charge is 2.49. The SMILES string of the molecule is Cc1ccc(C2(C)NC(=O)N(CC(=O)Nc3cccc(Oc4ccccc4)c3)C2=O)cc1. The fourth-order valence-electron chi connectivity index (χ4n) is 3.53. The Kier molecular flexibility index (Phi) is 5.64. The molecule has 3 aromatic rings. The molecular weight excluding hydrogens is 406 g/mol. The van der Waals surface area contributed by atoms with Crippen LogP contribution >= 0.6 is 0 Å². The lowest BCUT2D eigenvalue weighted by Crippen LogP contribution is -2.42. The Morgan fingerprint density at radius 1 is 0.969 bits per heavy atom. The molecule has 2 N–H and O–H groups in total. The van der Waals surface area contributed by atoms with Crippen LogP contribution in [0.25, 0.3) is 0 Å². The number of para-hydroxylation sites is 1. The van der Waals surface area contributed by atoms with Crippen LogP contribution in [0, 0.1) is 6.92 Å². The van der Waals surface area contributed by atoms with Gasteiger partial charge in [0.05, 0.1) is 0 Å². The van der Waals surface area contributed by atoms with Gasteiger partial charge >= 0.3 is 6.03 Å². The third-order valence-electron chi connectivity index (χ3n) is 5.30. The summed E-state index contributed by atoms with van der Waals surface area (Å²) in [6.07, 6.45) is 0. The molecule has 32 heavy (non-hydrogen) atoms. The first-order chi connectivity index (χ1) is 15.3. The number of urea groups is 1. The summed E-state index contributed by atoms with van der Waals surface area (Å²) in [7, 11) is 0. The molecule has 0 saturated carbocycles. The Balaban J connectivity index is 1.43. The van der Waals surface area contributed by atoms with Crippen molar-refractivity contribution in [2.75, 3.05) is 11.9 Å².